The van der Waals surface area contributed by atoms with Crippen molar-refractivity contribution in [3.63, 3.8) is 0 Å². The highest BCUT2D eigenvalue weighted by Crippen LogP contribution is 2.20. The molecule has 1 fully saturated rings. The molecule has 20 heavy (non-hydrogen) atoms. The Morgan fingerprint density at radius 3 is 2.80 bits per heavy atom. The van der Waals surface area contributed by atoms with Crippen molar-refractivity contribution < 1.29 is 17.7 Å². The molecule has 1 amide bonds. The van der Waals surface area contributed by atoms with Crippen molar-refractivity contribution >= 4 is 16.1 Å². The SMILES string of the molecule is Cc1noc(C)c1CNC(=O)[C@H]1CCCN1S(N)(=O)=O. The maximum Gasteiger partial charge on any atom is 0.277 e. The summed E-state index contributed by atoms with van der Waals surface area (Å²) in [5.41, 5.74) is 1.51. The molecule has 2 heterocycles. The van der Waals surface area contributed by atoms with Crippen molar-refractivity contribution in [3.05, 3.63) is 17.0 Å². The molecule has 1 atom stereocenters. The Hall–Kier alpha value is -1.45. The maximum atomic E-state index is 12.1. The van der Waals surface area contributed by atoms with Gasteiger partial charge in [0.1, 0.15) is 11.8 Å². The molecule has 2 rings (SSSR count). The lowest BCUT2D eigenvalue weighted by atomic mass is 10.2. The minimum Gasteiger partial charge on any atom is -0.361 e. The lowest BCUT2D eigenvalue weighted by molar-refractivity contribution is -0.124. The molecule has 0 spiro atoms. The summed E-state index contributed by atoms with van der Waals surface area (Å²) in [6.07, 6.45) is 1.10. The van der Waals surface area contributed by atoms with E-state index in [4.69, 9.17) is 9.66 Å². The summed E-state index contributed by atoms with van der Waals surface area (Å²) in [4.78, 5) is 12.1. The number of aryl methyl sites for hydroxylation is 2. The largest absolute Gasteiger partial charge is 0.361 e. The summed E-state index contributed by atoms with van der Waals surface area (Å²) in [6, 6.07) is -0.731. The van der Waals surface area contributed by atoms with Crippen LogP contribution in [0.15, 0.2) is 4.52 Å². The van der Waals surface area contributed by atoms with Gasteiger partial charge in [-0.05, 0) is 26.7 Å². The lowest BCUT2D eigenvalue weighted by Crippen LogP contribution is -2.48. The molecule has 0 bridgehead atoms. The van der Waals surface area contributed by atoms with E-state index in [-0.39, 0.29) is 19.0 Å². The number of rotatable bonds is 4. The molecule has 1 saturated heterocycles. The van der Waals surface area contributed by atoms with E-state index >= 15 is 0 Å². The molecule has 0 aromatic carbocycles. The van der Waals surface area contributed by atoms with E-state index in [1.165, 1.54) is 0 Å². The first-order valence-electron chi connectivity index (χ1n) is 6.29. The third-order valence-corrected chi connectivity index (χ3v) is 4.54. The average molecular weight is 302 g/mol. The van der Waals surface area contributed by atoms with Gasteiger partial charge in [0.15, 0.2) is 0 Å². The number of carbonyl (C=O) groups excluding carboxylic acids is 1. The van der Waals surface area contributed by atoms with Crippen LogP contribution >= 0.6 is 0 Å². The Balaban J connectivity index is 2.02. The van der Waals surface area contributed by atoms with Gasteiger partial charge in [-0.15, -0.1) is 0 Å². The number of carbonyl (C=O) groups is 1. The number of nitrogens with zero attached hydrogens (tertiary/aromatic N) is 2. The predicted molar refractivity (Wildman–Crippen MR) is 70.7 cm³/mol. The van der Waals surface area contributed by atoms with Gasteiger partial charge in [0, 0.05) is 18.7 Å². The van der Waals surface area contributed by atoms with Crippen LogP contribution in [0.4, 0.5) is 0 Å². The van der Waals surface area contributed by atoms with Crippen molar-refractivity contribution in [2.75, 3.05) is 6.54 Å². The smallest absolute Gasteiger partial charge is 0.277 e. The van der Waals surface area contributed by atoms with Gasteiger partial charge in [-0.3, -0.25) is 4.79 Å². The van der Waals surface area contributed by atoms with Crippen LogP contribution in [0.5, 0.6) is 0 Å². The Bertz CT molecular complexity index is 590. The van der Waals surface area contributed by atoms with Crippen LogP contribution in [-0.2, 0) is 21.5 Å². The number of aromatic nitrogens is 1. The van der Waals surface area contributed by atoms with Crippen LogP contribution in [0, 0.1) is 13.8 Å². The van der Waals surface area contributed by atoms with Gasteiger partial charge >= 0.3 is 0 Å². The standard InChI is InChI=1S/C11H18N4O4S/c1-7-9(8(2)19-14-7)6-13-11(16)10-4-3-5-15(10)20(12,17)18/h10H,3-6H2,1-2H3,(H,13,16)(H2,12,17,18)/t10-/m1/s1. The quantitative estimate of drug-likeness (QED) is 0.782. The highest BCUT2D eigenvalue weighted by Gasteiger charge is 2.36. The molecule has 1 aromatic heterocycles. The van der Waals surface area contributed by atoms with E-state index in [2.05, 4.69) is 10.5 Å². The number of amides is 1. The molecule has 112 valence electrons. The van der Waals surface area contributed by atoms with Crippen molar-refractivity contribution in [1.82, 2.24) is 14.8 Å². The summed E-state index contributed by atoms with van der Waals surface area (Å²) in [6.45, 7) is 4.08. The molecule has 3 N–H and O–H groups in total. The molecule has 0 radical (unpaired) electrons. The number of hydrogen-bond donors (Lipinski definition) is 2. The molecule has 0 saturated carbocycles. The Morgan fingerprint density at radius 2 is 2.25 bits per heavy atom. The van der Waals surface area contributed by atoms with Gasteiger partial charge < -0.3 is 9.84 Å². The topological polar surface area (TPSA) is 119 Å². The predicted octanol–water partition coefficient (Wildman–Crippen LogP) is -0.424. The zero-order valence-electron chi connectivity index (χ0n) is 11.4. The van der Waals surface area contributed by atoms with Gasteiger partial charge in [-0.2, -0.15) is 12.7 Å². The zero-order valence-corrected chi connectivity index (χ0v) is 12.2. The maximum absolute atomic E-state index is 12.1. The van der Waals surface area contributed by atoms with Crippen molar-refractivity contribution in [2.24, 2.45) is 5.14 Å². The monoisotopic (exact) mass is 302 g/mol. The lowest BCUT2D eigenvalue weighted by Gasteiger charge is -2.20. The first-order chi connectivity index (χ1) is 9.30. The second kappa shape index (κ2) is 5.51. The van der Waals surface area contributed by atoms with E-state index in [0.29, 0.717) is 24.3 Å². The molecular formula is C11H18N4O4S. The number of nitrogens with two attached hydrogens (primary N) is 1. The molecule has 8 nitrogen and oxygen atoms in total. The summed E-state index contributed by atoms with van der Waals surface area (Å²) < 4.78 is 28.8. The molecule has 0 aliphatic carbocycles. The van der Waals surface area contributed by atoms with Crippen molar-refractivity contribution in [3.8, 4) is 0 Å². The van der Waals surface area contributed by atoms with E-state index in [1.807, 2.05) is 0 Å². The second-order valence-corrected chi connectivity index (χ2v) is 6.33. The zero-order chi connectivity index (χ0) is 14.9. The number of nitrogens with one attached hydrogen (secondary N) is 1. The van der Waals surface area contributed by atoms with Crippen LogP contribution in [0.25, 0.3) is 0 Å². The molecular weight excluding hydrogens is 284 g/mol. The Labute approximate surface area is 117 Å². The minimum atomic E-state index is -3.84. The van der Waals surface area contributed by atoms with Gasteiger partial charge in [0.05, 0.1) is 5.69 Å². The van der Waals surface area contributed by atoms with Gasteiger partial charge in [0.2, 0.25) is 5.91 Å². The van der Waals surface area contributed by atoms with E-state index in [1.54, 1.807) is 13.8 Å². The molecule has 1 aliphatic heterocycles. The molecule has 1 aliphatic rings. The molecule has 0 unspecified atom stereocenters. The fourth-order valence-corrected chi connectivity index (χ4v) is 3.29. The average Bonchev–Trinajstić information content (AvgIpc) is 2.94. The first kappa shape index (κ1) is 14.9. The van der Waals surface area contributed by atoms with E-state index in [9.17, 15) is 13.2 Å². The Morgan fingerprint density at radius 1 is 1.55 bits per heavy atom. The van der Waals surface area contributed by atoms with Crippen LogP contribution in [0.2, 0.25) is 0 Å². The van der Waals surface area contributed by atoms with E-state index < -0.39 is 16.3 Å². The number of hydrogen-bond acceptors (Lipinski definition) is 5. The highest BCUT2D eigenvalue weighted by atomic mass is 32.2. The summed E-state index contributed by atoms with van der Waals surface area (Å²) in [5.74, 6) is 0.286. The Kier molecular flexibility index (Phi) is 4.11. The van der Waals surface area contributed by atoms with Gasteiger partial charge in [0.25, 0.3) is 10.2 Å². The van der Waals surface area contributed by atoms with Crippen LogP contribution in [-0.4, -0.2) is 36.4 Å². The van der Waals surface area contributed by atoms with E-state index in [0.717, 1.165) is 9.87 Å². The van der Waals surface area contributed by atoms with Crippen LogP contribution in [0.1, 0.15) is 29.9 Å². The van der Waals surface area contributed by atoms with Crippen LogP contribution < -0.4 is 10.5 Å². The van der Waals surface area contributed by atoms with Gasteiger partial charge in [-0.25, -0.2) is 5.14 Å². The molecule has 9 heteroatoms. The second-order valence-electron chi connectivity index (χ2n) is 4.83. The van der Waals surface area contributed by atoms with Gasteiger partial charge in [-0.1, -0.05) is 5.16 Å². The third kappa shape index (κ3) is 3.00. The summed E-state index contributed by atoms with van der Waals surface area (Å²) >= 11 is 0. The third-order valence-electron chi connectivity index (χ3n) is 3.45. The fraction of sp³-hybridized carbons (Fsp3) is 0.636. The van der Waals surface area contributed by atoms with Crippen LogP contribution in [0.3, 0.4) is 0 Å². The van der Waals surface area contributed by atoms with Crippen molar-refractivity contribution in [2.45, 2.75) is 39.3 Å². The minimum absolute atomic E-state index is 0.259. The first-order valence-corrected chi connectivity index (χ1v) is 7.80. The summed E-state index contributed by atoms with van der Waals surface area (Å²) in [7, 11) is -3.84. The highest BCUT2D eigenvalue weighted by molar-refractivity contribution is 7.86. The fourth-order valence-electron chi connectivity index (χ4n) is 2.35. The summed E-state index contributed by atoms with van der Waals surface area (Å²) in [5, 5.41) is 11.6. The normalized spacial score (nSPS) is 20.2. The van der Waals surface area contributed by atoms with Crippen molar-refractivity contribution in [1.29, 1.82) is 0 Å². The molecule has 1 aromatic rings.